The molecule has 1 fully saturated rings. The van der Waals surface area contributed by atoms with E-state index in [9.17, 15) is 0 Å². The number of nitrogen functional groups attached to an aromatic ring is 1. The summed E-state index contributed by atoms with van der Waals surface area (Å²) in [7, 11) is 6.38. The molecular formula is C23H29NO6. The number of benzene rings is 2. The van der Waals surface area contributed by atoms with Crippen LogP contribution in [0.5, 0.6) is 28.7 Å². The fourth-order valence-electron chi connectivity index (χ4n) is 3.70. The summed E-state index contributed by atoms with van der Waals surface area (Å²) in [4.78, 5) is 0. The van der Waals surface area contributed by atoms with Gasteiger partial charge < -0.3 is 34.2 Å². The summed E-state index contributed by atoms with van der Waals surface area (Å²) in [6.07, 6.45) is 3.14. The highest BCUT2D eigenvalue weighted by Gasteiger charge is 2.30. The van der Waals surface area contributed by atoms with Crippen molar-refractivity contribution in [3.05, 3.63) is 48.0 Å². The van der Waals surface area contributed by atoms with Crippen LogP contribution in [-0.4, -0.2) is 35.0 Å². The van der Waals surface area contributed by atoms with E-state index >= 15 is 0 Å². The lowest BCUT2D eigenvalue weighted by atomic mass is 10.0. The van der Waals surface area contributed by atoms with Crippen LogP contribution in [0.2, 0.25) is 0 Å². The lowest BCUT2D eigenvalue weighted by Crippen LogP contribution is -2.05. The normalized spacial score (nSPS) is 18.0. The highest BCUT2D eigenvalue weighted by molar-refractivity contribution is 5.63. The Balaban J connectivity index is 1.85. The minimum atomic E-state index is -0.112. The predicted octanol–water partition coefficient (Wildman–Crippen LogP) is 4.46. The molecule has 1 heterocycles. The molecule has 0 aliphatic carbocycles. The molecule has 7 nitrogen and oxygen atoms in total. The molecule has 2 aromatic carbocycles. The second-order valence-corrected chi connectivity index (χ2v) is 6.89. The SMILES string of the molecule is C=CCOc1c(N)cc(C2CCC(c3cc(OC)c(OC)c(OC)c3)O2)cc1OC. The minimum absolute atomic E-state index is 0.104. The van der Waals surface area contributed by atoms with Crippen LogP contribution in [0.4, 0.5) is 5.69 Å². The number of hydrogen-bond acceptors (Lipinski definition) is 7. The third-order valence-electron chi connectivity index (χ3n) is 5.12. The van der Waals surface area contributed by atoms with Gasteiger partial charge in [-0.25, -0.2) is 0 Å². The molecule has 1 saturated heterocycles. The van der Waals surface area contributed by atoms with Gasteiger partial charge in [0, 0.05) is 0 Å². The second kappa shape index (κ2) is 9.63. The van der Waals surface area contributed by atoms with Crippen molar-refractivity contribution in [2.24, 2.45) is 0 Å². The van der Waals surface area contributed by atoms with Gasteiger partial charge >= 0.3 is 0 Å². The summed E-state index contributed by atoms with van der Waals surface area (Å²) in [5, 5.41) is 0. The lowest BCUT2D eigenvalue weighted by molar-refractivity contribution is 0.0437. The number of ether oxygens (including phenoxy) is 6. The Hall–Kier alpha value is -3.06. The van der Waals surface area contributed by atoms with Gasteiger partial charge in [-0.2, -0.15) is 0 Å². The Morgan fingerprint density at radius 2 is 1.37 bits per heavy atom. The molecule has 0 bridgehead atoms. The fourth-order valence-corrected chi connectivity index (χ4v) is 3.70. The molecule has 0 radical (unpaired) electrons. The third-order valence-corrected chi connectivity index (χ3v) is 5.12. The average molecular weight is 415 g/mol. The summed E-state index contributed by atoms with van der Waals surface area (Å²) in [5.74, 6) is 2.86. The Labute approximate surface area is 177 Å². The van der Waals surface area contributed by atoms with Crippen LogP contribution in [0, 0.1) is 0 Å². The van der Waals surface area contributed by atoms with Crippen molar-refractivity contribution in [1.82, 2.24) is 0 Å². The Bertz CT molecular complexity index is 872. The Morgan fingerprint density at radius 3 is 1.83 bits per heavy atom. The first kappa shape index (κ1) is 21.6. The summed E-state index contributed by atoms with van der Waals surface area (Å²) >= 11 is 0. The molecule has 2 N–H and O–H groups in total. The molecule has 2 unspecified atom stereocenters. The summed E-state index contributed by atoms with van der Waals surface area (Å²) in [6, 6.07) is 7.64. The lowest BCUT2D eigenvalue weighted by Gasteiger charge is -2.19. The van der Waals surface area contributed by atoms with Crippen molar-refractivity contribution >= 4 is 5.69 Å². The molecule has 3 rings (SSSR count). The van der Waals surface area contributed by atoms with Crippen LogP contribution in [-0.2, 0) is 4.74 Å². The third kappa shape index (κ3) is 4.26. The number of nitrogens with two attached hydrogens (primary N) is 1. The maximum atomic E-state index is 6.36. The number of anilines is 1. The quantitative estimate of drug-likeness (QED) is 0.478. The van der Waals surface area contributed by atoms with Gasteiger partial charge in [0.25, 0.3) is 0 Å². The highest BCUT2D eigenvalue weighted by atomic mass is 16.5. The molecule has 2 atom stereocenters. The Morgan fingerprint density at radius 1 is 0.867 bits per heavy atom. The van der Waals surface area contributed by atoms with Gasteiger partial charge in [0.1, 0.15) is 6.61 Å². The van der Waals surface area contributed by atoms with E-state index in [-0.39, 0.29) is 12.2 Å². The number of rotatable bonds is 9. The molecule has 30 heavy (non-hydrogen) atoms. The van der Waals surface area contributed by atoms with Gasteiger partial charge in [-0.1, -0.05) is 12.7 Å². The summed E-state index contributed by atoms with van der Waals surface area (Å²) in [6.45, 7) is 4.01. The molecular weight excluding hydrogens is 386 g/mol. The zero-order chi connectivity index (χ0) is 21.7. The van der Waals surface area contributed by atoms with Crippen molar-refractivity contribution in [2.75, 3.05) is 40.8 Å². The second-order valence-electron chi connectivity index (χ2n) is 6.89. The van der Waals surface area contributed by atoms with Crippen LogP contribution in [0.3, 0.4) is 0 Å². The molecule has 0 spiro atoms. The van der Waals surface area contributed by atoms with Gasteiger partial charge in [-0.05, 0) is 48.2 Å². The van der Waals surface area contributed by atoms with Crippen LogP contribution in [0.15, 0.2) is 36.9 Å². The summed E-state index contributed by atoms with van der Waals surface area (Å²) < 4.78 is 33.8. The van der Waals surface area contributed by atoms with E-state index < -0.39 is 0 Å². The first-order valence-electron chi connectivity index (χ1n) is 9.72. The monoisotopic (exact) mass is 415 g/mol. The van der Waals surface area contributed by atoms with E-state index in [2.05, 4.69) is 6.58 Å². The van der Waals surface area contributed by atoms with Gasteiger partial charge in [0.2, 0.25) is 5.75 Å². The van der Waals surface area contributed by atoms with E-state index in [1.165, 1.54) is 0 Å². The van der Waals surface area contributed by atoms with Gasteiger partial charge in [0.05, 0.1) is 46.3 Å². The number of methoxy groups -OCH3 is 4. The molecule has 0 saturated carbocycles. The van der Waals surface area contributed by atoms with Crippen LogP contribution in [0.25, 0.3) is 0 Å². The van der Waals surface area contributed by atoms with E-state index in [1.807, 2.05) is 24.3 Å². The van der Waals surface area contributed by atoms with Crippen LogP contribution < -0.4 is 29.4 Å². The van der Waals surface area contributed by atoms with Crippen molar-refractivity contribution in [1.29, 1.82) is 0 Å². The van der Waals surface area contributed by atoms with Gasteiger partial charge in [-0.15, -0.1) is 0 Å². The maximum Gasteiger partial charge on any atom is 0.203 e. The van der Waals surface area contributed by atoms with Gasteiger partial charge in [-0.3, -0.25) is 0 Å². The number of hydrogen-bond donors (Lipinski definition) is 1. The van der Waals surface area contributed by atoms with Crippen molar-refractivity contribution < 1.29 is 28.4 Å². The van der Waals surface area contributed by atoms with E-state index in [1.54, 1.807) is 34.5 Å². The van der Waals surface area contributed by atoms with Crippen molar-refractivity contribution in [2.45, 2.75) is 25.0 Å². The van der Waals surface area contributed by atoms with Crippen molar-refractivity contribution in [3.63, 3.8) is 0 Å². The highest BCUT2D eigenvalue weighted by Crippen LogP contribution is 2.47. The standard InChI is InChI=1S/C23H29NO6/c1-6-9-29-22-16(24)10-14(11-19(22)25-2)17-7-8-18(30-17)15-12-20(26-3)23(28-5)21(13-15)27-4/h6,10-13,17-18H,1,7-9,24H2,2-5H3. The van der Waals surface area contributed by atoms with Crippen molar-refractivity contribution in [3.8, 4) is 28.7 Å². The van der Waals surface area contributed by atoms with Crippen LogP contribution in [0.1, 0.15) is 36.2 Å². The average Bonchev–Trinajstić information content (AvgIpc) is 3.27. The van der Waals surface area contributed by atoms with E-state index in [4.69, 9.17) is 34.2 Å². The smallest absolute Gasteiger partial charge is 0.203 e. The zero-order valence-electron chi connectivity index (χ0n) is 17.9. The zero-order valence-corrected chi connectivity index (χ0v) is 17.9. The molecule has 7 heteroatoms. The fraction of sp³-hybridized carbons (Fsp3) is 0.391. The van der Waals surface area contributed by atoms with E-state index in [0.717, 1.165) is 24.0 Å². The minimum Gasteiger partial charge on any atom is -0.493 e. The Kier molecular flexibility index (Phi) is 6.95. The topological polar surface area (TPSA) is 81.4 Å². The predicted molar refractivity (Wildman–Crippen MR) is 115 cm³/mol. The first-order chi connectivity index (χ1) is 14.6. The summed E-state index contributed by atoms with van der Waals surface area (Å²) in [5.41, 5.74) is 8.64. The first-order valence-corrected chi connectivity index (χ1v) is 9.72. The molecule has 0 aromatic heterocycles. The molecule has 0 amide bonds. The molecule has 162 valence electrons. The maximum absolute atomic E-state index is 6.36. The van der Waals surface area contributed by atoms with E-state index in [0.29, 0.717) is 41.0 Å². The largest absolute Gasteiger partial charge is 0.493 e. The molecule has 1 aliphatic rings. The van der Waals surface area contributed by atoms with Crippen LogP contribution >= 0.6 is 0 Å². The molecule has 2 aromatic rings. The molecule has 1 aliphatic heterocycles. The van der Waals surface area contributed by atoms with Gasteiger partial charge in [0.15, 0.2) is 23.0 Å².